The molecule has 2 aliphatic heterocycles. The Morgan fingerprint density at radius 3 is 2.69 bits per heavy atom. The number of pyridine rings is 2. The third-order valence-corrected chi connectivity index (χ3v) is 10.9. The molecule has 196 valence electrons. The van der Waals surface area contributed by atoms with Crippen molar-refractivity contribution in [3.8, 4) is 5.75 Å². The molecular formula is C23H29F3N6O3S. The maximum absolute atomic E-state index is 15.2. The molecule has 0 aromatic carbocycles. The zero-order valence-corrected chi connectivity index (χ0v) is 20.9. The molecule has 1 unspecified atom stereocenters. The van der Waals surface area contributed by atoms with Crippen LogP contribution in [0.4, 0.5) is 19.0 Å². The Balaban J connectivity index is 1.68. The number of aliphatic imine (C=N–C) groups is 1. The molecule has 0 saturated carbocycles. The number of hydrogen-bond acceptors (Lipinski definition) is 7. The minimum Gasteiger partial charge on any atom is -0.433 e. The van der Waals surface area contributed by atoms with Gasteiger partial charge in [-0.15, -0.1) is 0 Å². The summed E-state index contributed by atoms with van der Waals surface area (Å²) in [7, 11) is -3.23. The van der Waals surface area contributed by atoms with Crippen molar-refractivity contribution >= 4 is 28.1 Å². The van der Waals surface area contributed by atoms with Crippen LogP contribution in [0.1, 0.15) is 49.8 Å². The zero-order chi connectivity index (χ0) is 26.3. The van der Waals surface area contributed by atoms with E-state index in [1.807, 2.05) is 13.8 Å². The Bertz CT molecular complexity index is 1230. The fourth-order valence-electron chi connectivity index (χ4n) is 4.83. The highest BCUT2D eigenvalue weighted by Gasteiger charge is 2.57. The fourth-order valence-corrected chi connectivity index (χ4v) is 8.46. The van der Waals surface area contributed by atoms with Gasteiger partial charge < -0.3 is 15.8 Å². The monoisotopic (exact) mass is 526 g/mol. The number of nitrogens with zero attached hydrogens (tertiary/aromatic N) is 3. The van der Waals surface area contributed by atoms with E-state index in [1.165, 1.54) is 18.2 Å². The van der Waals surface area contributed by atoms with Crippen LogP contribution in [-0.4, -0.2) is 55.5 Å². The predicted octanol–water partition coefficient (Wildman–Crippen LogP) is 2.56. The van der Waals surface area contributed by atoms with Gasteiger partial charge in [0, 0.05) is 18.8 Å². The van der Waals surface area contributed by atoms with Gasteiger partial charge in [-0.2, -0.15) is 8.78 Å². The number of rotatable bonds is 5. The maximum atomic E-state index is 15.2. The van der Waals surface area contributed by atoms with Gasteiger partial charge in [-0.05, 0) is 68.0 Å². The molecule has 3 atom stereocenters. The van der Waals surface area contributed by atoms with Crippen LogP contribution in [0.3, 0.4) is 0 Å². The van der Waals surface area contributed by atoms with Crippen molar-refractivity contribution in [2.45, 2.75) is 61.8 Å². The van der Waals surface area contributed by atoms with E-state index in [0.717, 1.165) is 12.3 Å². The van der Waals surface area contributed by atoms with Gasteiger partial charge in [-0.1, -0.05) is 0 Å². The summed E-state index contributed by atoms with van der Waals surface area (Å²) in [5.74, 6) is -1.56. The second kappa shape index (κ2) is 9.52. The minimum atomic E-state index is -3.23. The van der Waals surface area contributed by atoms with E-state index in [1.54, 1.807) is 13.1 Å². The zero-order valence-electron chi connectivity index (χ0n) is 20.0. The lowest BCUT2D eigenvalue weighted by Crippen LogP contribution is -2.67. The summed E-state index contributed by atoms with van der Waals surface area (Å²) in [4.78, 5) is 25.5. The van der Waals surface area contributed by atoms with Crippen LogP contribution in [0.5, 0.6) is 5.75 Å². The van der Waals surface area contributed by atoms with Crippen molar-refractivity contribution in [2.24, 2.45) is 10.7 Å². The molecule has 2 aromatic rings. The number of fused-ring (bicyclic) bond motifs is 1. The highest BCUT2D eigenvalue weighted by atomic mass is 32.3. The molecule has 0 bridgehead atoms. The first-order chi connectivity index (χ1) is 16.9. The van der Waals surface area contributed by atoms with Crippen LogP contribution in [-0.2, 0) is 15.7 Å². The van der Waals surface area contributed by atoms with Crippen molar-refractivity contribution < 1.29 is 26.9 Å². The molecule has 0 spiro atoms. The average Bonchev–Trinajstić information content (AvgIpc) is 2.97. The average molecular weight is 527 g/mol. The third kappa shape index (κ3) is 4.62. The number of ether oxygens (including phenoxy) is 1. The number of carbonyl (C=O) groups excluding carboxylic acids is 1. The van der Waals surface area contributed by atoms with Crippen LogP contribution >= 0.6 is 0 Å². The van der Waals surface area contributed by atoms with Crippen LogP contribution < -0.4 is 20.5 Å². The summed E-state index contributed by atoms with van der Waals surface area (Å²) < 4.78 is 60.9. The van der Waals surface area contributed by atoms with Gasteiger partial charge in [0.25, 0.3) is 5.91 Å². The second-order valence-electron chi connectivity index (χ2n) is 9.62. The molecule has 1 fully saturated rings. The smallest absolute Gasteiger partial charge is 0.387 e. The van der Waals surface area contributed by atoms with Gasteiger partial charge >= 0.3 is 6.61 Å². The minimum absolute atomic E-state index is 0.0114. The molecule has 1 saturated heterocycles. The molecule has 4 N–H and O–H groups in total. The van der Waals surface area contributed by atoms with Gasteiger partial charge in [0.15, 0.2) is 0 Å². The van der Waals surface area contributed by atoms with Crippen molar-refractivity contribution in [2.75, 3.05) is 11.9 Å². The highest BCUT2D eigenvalue weighted by Crippen LogP contribution is 2.46. The quantitative estimate of drug-likeness (QED) is 0.443. The van der Waals surface area contributed by atoms with Gasteiger partial charge in [0.05, 0.1) is 16.2 Å². The van der Waals surface area contributed by atoms with Gasteiger partial charge in [0.1, 0.15) is 34.3 Å². The molecule has 4 rings (SSSR count). The van der Waals surface area contributed by atoms with Crippen molar-refractivity contribution in [1.82, 2.24) is 14.7 Å². The number of halogens is 3. The number of alkyl halides is 2. The van der Waals surface area contributed by atoms with E-state index < -0.39 is 50.0 Å². The molecule has 2 aromatic heterocycles. The summed E-state index contributed by atoms with van der Waals surface area (Å²) in [5, 5.41) is 1.80. The van der Waals surface area contributed by atoms with Crippen LogP contribution in [0.15, 0.2) is 35.5 Å². The topological polar surface area (TPSA) is 132 Å². The van der Waals surface area contributed by atoms with Crippen molar-refractivity contribution in [3.05, 3.63) is 47.7 Å². The lowest BCUT2D eigenvalue weighted by atomic mass is 9.86. The van der Waals surface area contributed by atoms with E-state index in [9.17, 15) is 17.8 Å². The Hall–Kier alpha value is -2.90. The van der Waals surface area contributed by atoms with Crippen molar-refractivity contribution in [3.63, 3.8) is 0 Å². The molecule has 0 aliphatic carbocycles. The van der Waals surface area contributed by atoms with Crippen molar-refractivity contribution in [1.29, 1.82) is 0 Å². The number of nitrogens with two attached hydrogens (primary N) is 1. The van der Waals surface area contributed by atoms with E-state index in [0.29, 0.717) is 19.4 Å². The number of anilines is 1. The molecule has 0 radical (unpaired) electrons. The summed E-state index contributed by atoms with van der Waals surface area (Å²) in [5.41, 5.74) is 4.98. The van der Waals surface area contributed by atoms with Gasteiger partial charge in [-0.25, -0.2) is 14.4 Å². The number of carbonyl (C=O) groups is 1. The SMILES string of the molecule is CC1(C)C=N[C@](C)(c2nc(NC(=O)c3ccc(OC(F)F)cn3)ccc2F)[C@H]2C(N)CCCN[SH]21=O. The van der Waals surface area contributed by atoms with E-state index in [2.05, 4.69) is 29.7 Å². The summed E-state index contributed by atoms with van der Waals surface area (Å²) in [6.45, 7) is 2.80. The first-order valence-corrected chi connectivity index (χ1v) is 13.2. The van der Waals surface area contributed by atoms with Crippen LogP contribution in [0.25, 0.3) is 0 Å². The third-order valence-electron chi connectivity index (χ3n) is 6.70. The molecule has 36 heavy (non-hydrogen) atoms. The standard InChI is InChI=1S/C23H29F3N6O3S/c1-22(2)12-29-23(3,19-15(27)5-4-10-30-36(19,22)34)18-14(24)7-9-17(31-18)32-20(33)16-8-6-13(11-28-16)35-21(25)26/h6-9,11-12,15,19,21,36H,4-5,10,27H2,1-3H3,(H,30,34)(H,31,32,33)/t15?,19-,23-/m1/s1. The Morgan fingerprint density at radius 2 is 2.03 bits per heavy atom. The Morgan fingerprint density at radius 1 is 1.28 bits per heavy atom. The second-order valence-corrected chi connectivity index (χ2v) is 13.0. The first-order valence-electron chi connectivity index (χ1n) is 11.4. The summed E-state index contributed by atoms with van der Waals surface area (Å²) in [6.07, 6.45) is 3.86. The van der Waals surface area contributed by atoms with E-state index in [4.69, 9.17) is 5.73 Å². The lowest BCUT2D eigenvalue weighted by molar-refractivity contribution is -0.0500. The number of thiol groups is 1. The van der Waals surface area contributed by atoms with Gasteiger partial charge in [-0.3, -0.25) is 18.7 Å². The molecule has 13 heteroatoms. The Kier molecular flexibility index (Phi) is 6.92. The van der Waals surface area contributed by atoms with Gasteiger partial charge in [0.2, 0.25) is 0 Å². The first kappa shape index (κ1) is 26.2. The molecule has 4 heterocycles. The lowest BCUT2D eigenvalue weighted by Gasteiger charge is -2.53. The largest absolute Gasteiger partial charge is 0.433 e. The maximum Gasteiger partial charge on any atom is 0.387 e. The number of hydrogen-bond donors (Lipinski definition) is 4. The number of nitrogens with one attached hydrogen (secondary N) is 2. The number of aromatic nitrogens is 2. The summed E-state index contributed by atoms with van der Waals surface area (Å²) in [6, 6.07) is 4.28. The molecular weight excluding hydrogens is 497 g/mol. The molecule has 9 nitrogen and oxygen atoms in total. The summed E-state index contributed by atoms with van der Waals surface area (Å²) >= 11 is 0. The predicted molar refractivity (Wildman–Crippen MR) is 131 cm³/mol. The van der Waals surface area contributed by atoms with E-state index >= 15 is 4.39 Å². The highest BCUT2D eigenvalue weighted by molar-refractivity contribution is 8.03. The van der Waals surface area contributed by atoms with E-state index in [-0.39, 0.29) is 23.0 Å². The Labute approximate surface area is 207 Å². The normalized spacial score (nSPS) is 27.6. The molecule has 2 aliphatic rings. The molecule has 1 amide bonds. The fraction of sp³-hybridized carbons (Fsp3) is 0.478. The van der Waals surface area contributed by atoms with Crippen LogP contribution in [0, 0.1) is 5.82 Å². The number of amides is 1. The van der Waals surface area contributed by atoms with Crippen LogP contribution in [0.2, 0.25) is 0 Å².